The zero-order valence-electron chi connectivity index (χ0n) is 16.3. The summed E-state index contributed by atoms with van der Waals surface area (Å²) in [5, 5.41) is 3.16. The van der Waals surface area contributed by atoms with Gasteiger partial charge in [-0.1, -0.05) is 11.3 Å². The molecule has 31 heavy (non-hydrogen) atoms. The molecule has 1 saturated heterocycles. The van der Waals surface area contributed by atoms with Crippen molar-refractivity contribution in [3.8, 4) is 11.5 Å². The summed E-state index contributed by atoms with van der Waals surface area (Å²) in [6.07, 6.45) is 1.14. The lowest BCUT2D eigenvalue weighted by Gasteiger charge is -2.38. The third kappa shape index (κ3) is 3.70. The third-order valence-electron chi connectivity index (χ3n) is 5.18. The fourth-order valence-electron chi connectivity index (χ4n) is 3.42. The van der Waals surface area contributed by atoms with Gasteiger partial charge in [0.25, 0.3) is 5.91 Å². The van der Waals surface area contributed by atoms with E-state index >= 15 is 0 Å². The molecule has 0 spiro atoms. The highest BCUT2D eigenvalue weighted by atomic mass is 32.2. The van der Waals surface area contributed by atoms with Crippen LogP contribution in [-0.2, 0) is 14.6 Å². The van der Waals surface area contributed by atoms with Gasteiger partial charge >= 0.3 is 0 Å². The Bertz CT molecular complexity index is 1330. The van der Waals surface area contributed by atoms with Crippen LogP contribution in [0.2, 0.25) is 0 Å². The number of hydrogen-bond donors (Lipinski definition) is 1. The number of thiazole rings is 1. The molecular weight excluding hydrogens is 442 g/mol. The van der Waals surface area contributed by atoms with Gasteiger partial charge in [-0.15, -0.1) is 0 Å². The van der Waals surface area contributed by atoms with Gasteiger partial charge in [0.05, 0.1) is 21.0 Å². The molecule has 0 atom stereocenters. The molecule has 0 unspecified atom stereocenters. The van der Waals surface area contributed by atoms with Gasteiger partial charge in [0, 0.05) is 24.9 Å². The minimum atomic E-state index is -3.32. The molecule has 2 aliphatic rings. The van der Waals surface area contributed by atoms with Crippen LogP contribution in [0.5, 0.6) is 11.5 Å². The first kappa shape index (κ1) is 19.8. The predicted octanol–water partition coefficient (Wildman–Crippen LogP) is 2.14. The third-order valence-corrected chi connectivity index (χ3v) is 7.22. The number of fused-ring (bicyclic) bond motifs is 2. The average Bonchev–Trinajstić information content (AvgIpc) is 3.30. The molecule has 2 aromatic carbocycles. The lowest BCUT2D eigenvalue weighted by Crippen LogP contribution is -2.54. The first-order valence-electron chi connectivity index (χ1n) is 9.38. The van der Waals surface area contributed by atoms with Crippen molar-refractivity contribution in [3.63, 3.8) is 0 Å². The van der Waals surface area contributed by atoms with Crippen LogP contribution in [0.3, 0.4) is 0 Å². The lowest BCUT2D eigenvalue weighted by atomic mass is 9.98. The van der Waals surface area contributed by atoms with E-state index < -0.39 is 9.84 Å². The summed E-state index contributed by atoms with van der Waals surface area (Å²) in [5.74, 6) is 0.414. The number of aromatic nitrogens is 1. The minimum absolute atomic E-state index is 0.139. The maximum Gasteiger partial charge on any atom is 0.254 e. The Morgan fingerprint density at radius 2 is 1.90 bits per heavy atom. The van der Waals surface area contributed by atoms with Crippen molar-refractivity contribution in [1.82, 2.24) is 9.88 Å². The van der Waals surface area contributed by atoms with Gasteiger partial charge in [0.1, 0.15) is 0 Å². The predicted molar refractivity (Wildman–Crippen MR) is 113 cm³/mol. The van der Waals surface area contributed by atoms with E-state index in [1.165, 1.54) is 17.4 Å². The normalized spacial score (nSPS) is 15.7. The summed E-state index contributed by atoms with van der Waals surface area (Å²) < 4.78 is 34.6. The van der Waals surface area contributed by atoms with E-state index in [-0.39, 0.29) is 29.4 Å². The van der Waals surface area contributed by atoms with Gasteiger partial charge in [-0.2, -0.15) is 0 Å². The fourth-order valence-corrected chi connectivity index (χ4v) is 5.05. The van der Waals surface area contributed by atoms with Crippen molar-refractivity contribution in [2.45, 2.75) is 4.90 Å². The molecule has 160 valence electrons. The maximum atomic E-state index is 12.6. The summed E-state index contributed by atoms with van der Waals surface area (Å²) in [6, 6.07) is 9.68. The molecule has 0 radical (unpaired) electrons. The number of benzene rings is 2. The van der Waals surface area contributed by atoms with Crippen LogP contribution in [0.15, 0.2) is 41.3 Å². The quantitative estimate of drug-likeness (QED) is 0.636. The van der Waals surface area contributed by atoms with Gasteiger partial charge in [0.15, 0.2) is 26.5 Å². The maximum absolute atomic E-state index is 12.6. The number of nitrogens with one attached hydrogen (secondary N) is 1. The van der Waals surface area contributed by atoms with E-state index in [1.807, 2.05) is 0 Å². The molecular formula is C20H17N3O6S2. The van der Waals surface area contributed by atoms with E-state index in [1.54, 1.807) is 35.2 Å². The van der Waals surface area contributed by atoms with Crippen LogP contribution >= 0.6 is 11.3 Å². The lowest BCUT2D eigenvalue weighted by molar-refractivity contribution is -0.123. The van der Waals surface area contributed by atoms with Crippen LogP contribution in [0.25, 0.3) is 10.2 Å². The minimum Gasteiger partial charge on any atom is -0.454 e. The van der Waals surface area contributed by atoms with Crippen molar-refractivity contribution in [3.05, 3.63) is 42.0 Å². The molecule has 0 saturated carbocycles. The number of nitrogens with zero attached hydrogens (tertiary/aromatic N) is 2. The Hall–Kier alpha value is -3.18. The number of likely N-dealkylation sites (tertiary alicyclic amines) is 1. The van der Waals surface area contributed by atoms with Crippen molar-refractivity contribution in [2.24, 2.45) is 5.92 Å². The molecule has 3 heterocycles. The van der Waals surface area contributed by atoms with Crippen LogP contribution in [0.4, 0.5) is 5.13 Å². The summed E-state index contributed by atoms with van der Waals surface area (Å²) in [6.45, 7) is 0.755. The Morgan fingerprint density at radius 3 is 2.68 bits per heavy atom. The Labute approximate surface area is 181 Å². The molecule has 3 aromatic rings. The van der Waals surface area contributed by atoms with E-state index in [0.717, 1.165) is 6.26 Å². The first-order valence-corrected chi connectivity index (χ1v) is 12.1. The number of carbonyl (C=O) groups excluding carboxylic acids is 2. The Morgan fingerprint density at radius 1 is 1.13 bits per heavy atom. The largest absolute Gasteiger partial charge is 0.454 e. The van der Waals surface area contributed by atoms with Gasteiger partial charge in [-0.3, -0.25) is 9.59 Å². The van der Waals surface area contributed by atoms with E-state index in [2.05, 4.69) is 10.3 Å². The van der Waals surface area contributed by atoms with Crippen LogP contribution in [-0.4, -0.2) is 56.3 Å². The number of amides is 2. The highest BCUT2D eigenvalue weighted by Gasteiger charge is 2.36. The zero-order chi connectivity index (χ0) is 21.8. The molecule has 2 aliphatic heterocycles. The second kappa shape index (κ2) is 7.20. The number of hydrogen-bond acceptors (Lipinski definition) is 8. The second-order valence-corrected chi connectivity index (χ2v) is 10.4. The average molecular weight is 460 g/mol. The van der Waals surface area contributed by atoms with Crippen molar-refractivity contribution in [1.29, 1.82) is 0 Å². The van der Waals surface area contributed by atoms with Gasteiger partial charge in [0.2, 0.25) is 12.7 Å². The monoisotopic (exact) mass is 459 g/mol. The molecule has 11 heteroatoms. The molecule has 0 bridgehead atoms. The molecule has 1 fully saturated rings. The first-order chi connectivity index (χ1) is 14.8. The smallest absolute Gasteiger partial charge is 0.254 e. The van der Waals surface area contributed by atoms with Gasteiger partial charge < -0.3 is 19.7 Å². The molecule has 1 aromatic heterocycles. The topological polar surface area (TPSA) is 115 Å². The van der Waals surface area contributed by atoms with E-state index in [4.69, 9.17) is 9.47 Å². The molecule has 9 nitrogen and oxygen atoms in total. The van der Waals surface area contributed by atoms with Crippen molar-refractivity contribution in [2.75, 3.05) is 31.5 Å². The summed E-state index contributed by atoms with van der Waals surface area (Å²) in [7, 11) is -3.32. The fraction of sp³-hybridized carbons (Fsp3) is 0.250. The Balaban J connectivity index is 1.22. The van der Waals surface area contributed by atoms with Gasteiger partial charge in [-0.25, -0.2) is 13.4 Å². The number of carbonyl (C=O) groups is 2. The molecule has 2 amide bonds. The summed E-state index contributed by atoms with van der Waals surface area (Å²) in [5.41, 5.74) is 1.09. The molecule has 0 aliphatic carbocycles. The second-order valence-electron chi connectivity index (χ2n) is 7.39. The number of anilines is 1. The zero-order valence-corrected chi connectivity index (χ0v) is 18.0. The number of rotatable bonds is 4. The summed E-state index contributed by atoms with van der Waals surface area (Å²) in [4.78, 5) is 31.3. The van der Waals surface area contributed by atoms with Crippen molar-refractivity contribution < 1.29 is 27.5 Å². The Kier molecular flexibility index (Phi) is 4.59. The number of sulfone groups is 1. The van der Waals surface area contributed by atoms with E-state index in [9.17, 15) is 18.0 Å². The van der Waals surface area contributed by atoms with Crippen LogP contribution in [0.1, 0.15) is 10.4 Å². The highest BCUT2D eigenvalue weighted by molar-refractivity contribution is 7.90. The van der Waals surface area contributed by atoms with Crippen molar-refractivity contribution >= 4 is 48.3 Å². The van der Waals surface area contributed by atoms with Gasteiger partial charge in [-0.05, 0) is 36.4 Å². The summed E-state index contributed by atoms with van der Waals surface area (Å²) >= 11 is 1.21. The van der Waals surface area contributed by atoms with Crippen LogP contribution in [0, 0.1) is 5.92 Å². The standard InChI is InChI=1S/C20H17N3O6S2/c1-31(26,27)13-3-4-14-17(7-13)30-20(21-14)22-18(24)12-8-23(9-12)19(25)11-2-5-15-16(6-11)29-10-28-15/h2-7,12H,8-10H2,1H3,(H,21,22,24). The molecule has 5 rings (SSSR count). The SMILES string of the molecule is CS(=O)(=O)c1ccc2nc(NC(=O)C3CN(C(=O)c4ccc5c(c4)OCO5)C3)sc2c1. The molecule has 1 N–H and O–H groups in total. The highest BCUT2D eigenvalue weighted by Crippen LogP contribution is 2.34. The number of ether oxygens (including phenoxy) is 2. The van der Waals surface area contributed by atoms with Crippen LogP contribution < -0.4 is 14.8 Å². The van der Waals surface area contributed by atoms with E-state index in [0.29, 0.717) is 45.5 Å².